The molecule has 4 rings (SSSR count). The van der Waals surface area contributed by atoms with Crippen LogP contribution in [0.3, 0.4) is 0 Å². The molecule has 6 heteroatoms. The second kappa shape index (κ2) is 7.15. The fourth-order valence-corrected chi connectivity index (χ4v) is 3.31. The monoisotopic (exact) mass is 364 g/mol. The SMILES string of the molecule is Cc1cc(=O)c(OCC(=O)N2CC=C(c3c[nH]c4ccccc34)CC2)co1. The lowest BCUT2D eigenvalue weighted by atomic mass is 9.99. The summed E-state index contributed by atoms with van der Waals surface area (Å²) in [5.74, 6) is 0.412. The Kier molecular flexibility index (Phi) is 4.54. The molecule has 138 valence electrons. The molecule has 0 saturated heterocycles. The minimum absolute atomic E-state index is 0.0565. The fraction of sp³-hybridized carbons (Fsp3) is 0.238. The maximum atomic E-state index is 12.4. The van der Waals surface area contributed by atoms with Gasteiger partial charge in [-0.15, -0.1) is 0 Å². The molecule has 1 amide bonds. The van der Waals surface area contributed by atoms with Gasteiger partial charge in [-0.25, -0.2) is 0 Å². The number of aromatic nitrogens is 1. The molecule has 1 aliphatic heterocycles. The molecule has 0 atom stereocenters. The lowest BCUT2D eigenvalue weighted by molar-refractivity contribution is -0.132. The van der Waals surface area contributed by atoms with Gasteiger partial charge >= 0.3 is 0 Å². The summed E-state index contributed by atoms with van der Waals surface area (Å²) in [6.45, 7) is 2.65. The number of hydrogen-bond acceptors (Lipinski definition) is 4. The molecule has 0 bridgehead atoms. The van der Waals surface area contributed by atoms with Crippen LogP contribution in [0.2, 0.25) is 0 Å². The van der Waals surface area contributed by atoms with Crippen molar-refractivity contribution in [1.82, 2.24) is 9.88 Å². The molecular weight excluding hydrogens is 344 g/mol. The van der Waals surface area contributed by atoms with E-state index in [-0.39, 0.29) is 23.7 Å². The summed E-state index contributed by atoms with van der Waals surface area (Å²) in [4.78, 5) is 29.2. The van der Waals surface area contributed by atoms with Gasteiger partial charge in [0.25, 0.3) is 5.91 Å². The molecule has 27 heavy (non-hydrogen) atoms. The zero-order valence-corrected chi connectivity index (χ0v) is 15.0. The highest BCUT2D eigenvalue weighted by Gasteiger charge is 2.20. The topological polar surface area (TPSA) is 75.5 Å². The van der Waals surface area contributed by atoms with E-state index in [0.29, 0.717) is 18.8 Å². The fourth-order valence-electron chi connectivity index (χ4n) is 3.31. The van der Waals surface area contributed by atoms with Crippen molar-refractivity contribution < 1.29 is 13.9 Å². The third-order valence-electron chi connectivity index (χ3n) is 4.78. The molecule has 6 nitrogen and oxygen atoms in total. The van der Waals surface area contributed by atoms with Crippen LogP contribution in [0.25, 0.3) is 16.5 Å². The number of amides is 1. The first kappa shape index (κ1) is 17.1. The number of nitrogens with one attached hydrogen (secondary N) is 1. The zero-order valence-electron chi connectivity index (χ0n) is 15.0. The van der Waals surface area contributed by atoms with Crippen LogP contribution in [0.15, 0.2) is 58.1 Å². The van der Waals surface area contributed by atoms with Crippen LogP contribution in [0.5, 0.6) is 5.75 Å². The Hall–Kier alpha value is -3.28. The Bertz CT molecular complexity index is 1080. The van der Waals surface area contributed by atoms with Crippen LogP contribution >= 0.6 is 0 Å². The second-order valence-electron chi connectivity index (χ2n) is 6.57. The molecule has 3 heterocycles. The van der Waals surface area contributed by atoms with Crippen LogP contribution in [0.4, 0.5) is 0 Å². The van der Waals surface area contributed by atoms with Crippen molar-refractivity contribution in [3.63, 3.8) is 0 Å². The quantitative estimate of drug-likeness (QED) is 0.772. The average molecular weight is 364 g/mol. The lowest BCUT2D eigenvalue weighted by Crippen LogP contribution is -2.38. The number of carbonyl (C=O) groups is 1. The van der Waals surface area contributed by atoms with Crippen molar-refractivity contribution in [3.05, 3.63) is 70.4 Å². The molecule has 1 aliphatic rings. The van der Waals surface area contributed by atoms with Crippen LogP contribution in [-0.4, -0.2) is 35.5 Å². The largest absolute Gasteiger partial charge is 0.477 e. The first-order valence-corrected chi connectivity index (χ1v) is 8.87. The predicted molar refractivity (Wildman–Crippen MR) is 103 cm³/mol. The molecule has 3 aromatic rings. The summed E-state index contributed by atoms with van der Waals surface area (Å²) < 4.78 is 10.5. The van der Waals surface area contributed by atoms with Gasteiger partial charge < -0.3 is 19.0 Å². The average Bonchev–Trinajstić information content (AvgIpc) is 3.11. The standard InChI is InChI=1S/C21H20N2O4/c1-14-10-19(24)20(12-26-14)27-13-21(25)23-8-6-15(7-9-23)17-11-22-18-5-3-2-4-16(17)18/h2-6,10-12,22H,7-9,13H2,1H3. The van der Waals surface area contributed by atoms with Crippen molar-refractivity contribution in [1.29, 1.82) is 0 Å². The Balaban J connectivity index is 1.40. The minimum atomic E-state index is -0.285. The van der Waals surface area contributed by atoms with Crippen LogP contribution in [0.1, 0.15) is 17.7 Å². The number of aromatic amines is 1. The third kappa shape index (κ3) is 3.51. The first-order chi connectivity index (χ1) is 13.1. The zero-order chi connectivity index (χ0) is 18.8. The number of fused-ring (bicyclic) bond motifs is 1. The summed E-state index contributed by atoms with van der Waals surface area (Å²) in [6, 6.07) is 9.53. The van der Waals surface area contributed by atoms with Crippen molar-refractivity contribution in [3.8, 4) is 5.75 Å². The number of rotatable bonds is 4. The first-order valence-electron chi connectivity index (χ1n) is 8.87. The molecule has 0 radical (unpaired) electrons. The van der Waals surface area contributed by atoms with E-state index in [1.54, 1.807) is 11.8 Å². The van der Waals surface area contributed by atoms with Gasteiger partial charge in [-0.2, -0.15) is 0 Å². The van der Waals surface area contributed by atoms with E-state index in [0.717, 1.165) is 11.9 Å². The highest BCUT2D eigenvalue weighted by Crippen LogP contribution is 2.29. The maximum absolute atomic E-state index is 12.4. The van der Waals surface area contributed by atoms with Gasteiger partial charge in [-0.3, -0.25) is 9.59 Å². The van der Waals surface area contributed by atoms with Gasteiger partial charge in [0.2, 0.25) is 11.2 Å². The number of nitrogens with zero attached hydrogens (tertiary/aromatic N) is 1. The number of hydrogen-bond donors (Lipinski definition) is 1. The number of benzene rings is 1. The van der Waals surface area contributed by atoms with Crippen molar-refractivity contribution in [2.75, 3.05) is 19.7 Å². The summed E-state index contributed by atoms with van der Waals surface area (Å²) >= 11 is 0. The molecule has 2 aromatic heterocycles. The minimum Gasteiger partial charge on any atom is -0.477 e. The number of ether oxygens (including phenoxy) is 1. The van der Waals surface area contributed by atoms with E-state index < -0.39 is 0 Å². The Morgan fingerprint density at radius 3 is 2.96 bits per heavy atom. The van der Waals surface area contributed by atoms with Gasteiger partial charge in [0.1, 0.15) is 12.0 Å². The van der Waals surface area contributed by atoms with E-state index in [2.05, 4.69) is 23.2 Å². The molecule has 1 aromatic carbocycles. The molecule has 0 fully saturated rings. The number of aryl methyl sites for hydroxylation is 1. The number of H-pyrrole nitrogens is 1. The van der Waals surface area contributed by atoms with Crippen LogP contribution in [-0.2, 0) is 4.79 Å². The normalized spacial score (nSPS) is 14.3. The van der Waals surface area contributed by atoms with Crippen molar-refractivity contribution in [2.24, 2.45) is 0 Å². The summed E-state index contributed by atoms with van der Waals surface area (Å²) in [5, 5.41) is 1.19. The maximum Gasteiger partial charge on any atom is 0.260 e. The highest BCUT2D eigenvalue weighted by atomic mass is 16.5. The van der Waals surface area contributed by atoms with Crippen molar-refractivity contribution >= 4 is 22.4 Å². The van der Waals surface area contributed by atoms with Gasteiger partial charge in [-0.05, 0) is 25.0 Å². The van der Waals surface area contributed by atoms with Crippen molar-refractivity contribution in [2.45, 2.75) is 13.3 Å². The highest BCUT2D eigenvalue weighted by molar-refractivity contribution is 5.93. The summed E-state index contributed by atoms with van der Waals surface area (Å²) in [7, 11) is 0. The van der Waals surface area contributed by atoms with Gasteiger partial charge in [0.05, 0.1) is 0 Å². The van der Waals surface area contributed by atoms with Gasteiger partial charge in [0.15, 0.2) is 6.61 Å². The molecular formula is C21H20N2O4. The van der Waals surface area contributed by atoms with E-state index in [4.69, 9.17) is 9.15 Å². The molecule has 0 saturated carbocycles. The van der Waals surface area contributed by atoms with E-state index in [1.807, 2.05) is 18.3 Å². The van der Waals surface area contributed by atoms with E-state index in [1.165, 1.54) is 28.9 Å². The van der Waals surface area contributed by atoms with Crippen LogP contribution in [0, 0.1) is 6.92 Å². The summed E-state index contributed by atoms with van der Waals surface area (Å²) in [5.41, 5.74) is 3.24. The van der Waals surface area contributed by atoms with Gasteiger partial charge in [0, 0.05) is 41.8 Å². The molecule has 0 unspecified atom stereocenters. The Morgan fingerprint density at radius 1 is 1.33 bits per heavy atom. The summed E-state index contributed by atoms with van der Waals surface area (Å²) in [6.07, 6.45) is 6.13. The smallest absolute Gasteiger partial charge is 0.260 e. The number of para-hydroxylation sites is 1. The lowest BCUT2D eigenvalue weighted by Gasteiger charge is -2.26. The molecule has 0 aliphatic carbocycles. The molecule has 0 spiro atoms. The number of carbonyl (C=O) groups excluding carboxylic acids is 1. The predicted octanol–water partition coefficient (Wildman–Crippen LogP) is 3.12. The van der Waals surface area contributed by atoms with E-state index in [9.17, 15) is 9.59 Å². The molecule has 1 N–H and O–H groups in total. The van der Waals surface area contributed by atoms with Crippen LogP contribution < -0.4 is 10.2 Å². The second-order valence-corrected chi connectivity index (χ2v) is 6.57. The Labute approximate surface area is 156 Å². The van der Waals surface area contributed by atoms with Gasteiger partial charge in [-0.1, -0.05) is 24.3 Å². The third-order valence-corrected chi connectivity index (χ3v) is 4.78. The Morgan fingerprint density at radius 2 is 2.19 bits per heavy atom. The van der Waals surface area contributed by atoms with E-state index >= 15 is 0 Å².